The first-order valence-corrected chi connectivity index (χ1v) is 8.48. The van der Waals surface area contributed by atoms with E-state index in [9.17, 15) is 9.90 Å². The van der Waals surface area contributed by atoms with Crippen LogP contribution in [0.1, 0.15) is 16.3 Å². The van der Waals surface area contributed by atoms with Crippen molar-refractivity contribution in [2.45, 2.75) is 6.61 Å². The number of aromatic hydroxyl groups is 1. The van der Waals surface area contributed by atoms with Crippen molar-refractivity contribution in [3.8, 4) is 11.5 Å². The molecule has 4 aromatic rings. The van der Waals surface area contributed by atoms with Crippen molar-refractivity contribution in [2.24, 2.45) is 0 Å². The molecule has 2 N–H and O–H groups in total. The number of hydrogen-bond donors (Lipinski definition) is 2. The summed E-state index contributed by atoms with van der Waals surface area (Å²) in [5.41, 5.74) is 0.491. The van der Waals surface area contributed by atoms with Crippen molar-refractivity contribution in [2.75, 3.05) is 5.32 Å². The quantitative estimate of drug-likeness (QED) is 0.528. The fraction of sp³-hybridized carbons (Fsp3) is 0.0455. The number of carbonyl (C=O) groups is 1. The van der Waals surface area contributed by atoms with Gasteiger partial charge < -0.3 is 19.6 Å². The van der Waals surface area contributed by atoms with Gasteiger partial charge in [-0.15, -0.1) is 0 Å². The molecule has 0 fully saturated rings. The van der Waals surface area contributed by atoms with Gasteiger partial charge in [0.1, 0.15) is 23.9 Å². The van der Waals surface area contributed by atoms with Crippen LogP contribution < -0.4 is 10.1 Å². The van der Waals surface area contributed by atoms with Gasteiger partial charge in [0.2, 0.25) is 0 Å². The number of fused-ring (bicyclic) bond motifs is 1. The Kier molecular flexibility index (Phi) is 4.49. The largest absolute Gasteiger partial charge is 0.508 e. The minimum Gasteiger partial charge on any atom is -0.508 e. The van der Waals surface area contributed by atoms with Gasteiger partial charge in [-0.05, 0) is 47.2 Å². The van der Waals surface area contributed by atoms with Gasteiger partial charge in [-0.2, -0.15) is 0 Å². The van der Waals surface area contributed by atoms with E-state index in [1.165, 1.54) is 12.1 Å². The summed E-state index contributed by atoms with van der Waals surface area (Å²) >= 11 is 0. The van der Waals surface area contributed by atoms with Gasteiger partial charge in [-0.25, -0.2) is 0 Å². The molecule has 27 heavy (non-hydrogen) atoms. The highest BCUT2D eigenvalue weighted by Crippen LogP contribution is 2.22. The molecule has 0 aliphatic rings. The molecular weight excluding hydrogens is 342 g/mol. The molecule has 0 aliphatic carbocycles. The lowest BCUT2D eigenvalue weighted by Gasteiger charge is -2.06. The highest BCUT2D eigenvalue weighted by Gasteiger charge is 2.12. The van der Waals surface area contributed by atoms with Gasteiger partial charge in [0.25, 0.3) is 5.91 Å². The molecule has 0 saturated carbocycles. The van der Waals surface area contributed by atoms with Gasteiger partial charge in [0.15, 0.2) is 5.76 Å². The monoisotopic (exact) mass is 359 g/mol. The zero-order valence-electron chi connectivity index (χ0n) is 14.4. The third kappa shape index (κ3) is 3.93. The smallest absolute Gasteiger partial charge is 0.291 e. The Balaban J connectivity index is 1.40. The Morgan fingerprint density at radius 3 is 2.63 bits per heavy atom. The summed E-state index contributed by atoms with van der Waals surface area (Å²) in [7, 11) is 0. The number of phenols is 1. The summed E-state index contributed by atoms with van der Waals surface area (Å²) < 4.78 is 11.3. The Morgan fingerprint density at radius 1 is 0.926 bits per heavy atom. The van der Waals surface area contributed by atoms with Crippen LogP contribution in [0.5, 0.6) is 11.5 Å². The molecule has 1 heterocycles. The van der Waals surface area contributed by atoms with Crippen molar-refractivity contribution < 1.29 is 19.1 Å². The first-order chi connectivity index (χ1) is 13.2. The Hall–Kier alpha value is -3.73. The van der Waals surface area contributed by atoms with Crippen molar-refractivity contribution >= 4 is 22.4 Å². The third-order valence-electron chi connectivity index (χ3n) is 4.09. The minimum atomic E-state index is -0.391. The summed E-state index contributed by atoms with van der Waals surface area (Å²) in [4.78, 5) is 12.2. The van der Waals surface area contributed by atoms with Gasteiger partial charge >= 0.3 is 0 Å². The number of benzene rings is 3. The minimum absolute atomic E-state index is 0.0803. The predicted octanol–water partition coefficient (Wildman–Crippen LogP) is 4.97. The van der Waals surface area contributed by atoms with E-state index in [1.807, 2.05) is 42.5 Å². The maximum Gasteiger partial charge on any atom is 0.291 e. The summed E-state index contributed by atoms with van der Waals surface area (Å²) in [5.74, 6) is 1.14. The van der Waals surface area contributed by atoms with Crippen LogP contribution >= 0.6 is 0 Å². The lowest BCUT2D eigenvalue weighted by molar-refractivity contribution is 0.0992. The summed E-state index contributed by atoms with van der Waals surface area (Å²) in [5, 5.41) is 14.4. The zero-order valence-corrected chi connectivity index (χ0v) is 14.4. The van der Waals surface area contributed by atoms with E-state index in [-0.39, 0.29) is 18.1 Å². The van der Waals surface area contributed by atoms with Crippen LogP contribution in [0.15, 0.2) is 83.3 Å². The average molecular weight is 359 g/mol. The molecule has 0 aliphatic heterocycles. The van der Waals surface area contributed by atoms with Crippen molar-refractivity contribution in [3.63, 3.8) is 0 Å². The standard InChI is InChI=1S/C22H17NO4/c24-18-7-3-6-17(13-18)23-22(25)21-11-10-20(27-21)14-26-19-9-8-15-4-1-2-5-16(15)12-19/h1-13,24H,14H2,(H,23,25). The van der Waals surface area contributed by atoms with E-state index in [4.69, 9.17) is 9.15 Å². The molecule has 1 amide bonds. The van der Waals surface area contributed by atoms with Crippen LogP contribution in [0.2, 0.25) is 0 Å². The molecule has 0 radical (unpaired) electrons. The van der Waals surface area contributed by atoms with Crippen molar-refractivity contribution in [3.05, 3.63) is 90.4 Å². The Bertz CT molecular complexity index is 1100. The molecule has 0 spiro atoms. The Labute approximate surface area is 155 Å². The summed E-state index contributed by atoms with van der Waals surface area (Å²) in [6.45, 7) is 0.220. The molecular formula is C22H17NO4. The van der Waals surface area contributed by atoms with E-state index < -0.39 is 5.91 Å². The predicted molar refractivity (Wildman–Crippen MR) is 103 cm³/mol. The van der Waals surface area contributed by atoms with E-state index >= 15 is 0 Å². The van der Waals surface area contributed by atoms with Crippen LogP contribution in [0.4, 0.5) is 5.69 Å². The zero-order chi connectivity index (χ0) is 18.6. The number of rotatable bonds is 5. The summed E-state index contributed by atoms with van der Waals surface area (Å²) in [6.07, 6.45) is 0. The molecule has 0 bridgehead atoms. The molecule has 5 nitrogen and oxygen atoms in total. The van der Waals surface area contributed by atoms with Gasteiger partial charge in [-0.3, -0.25) is 4.79 Å². The molecule has 4 rings (SSSR count). The molecule has 5 heteroatoms. The third-order valence-corrected chi connectivity index (χ3v) is 4.09. The number of nitrogens with one attached hydrogen (secondary N) is 1. The second-order valence-corrected chi connectivity index (χ2v) is 6.07. The first kappa shape index (κ1) is 16.7. The maximum absolute atomic E-state index is 12.2. The van der Waals surface area contributed by atoms with Gasteiger partial charge in [0, 0.05) is 11.8 Å². The average Bonchev–Trinajstić information content (AvgIpc) is 3.15. The number of anilines is 1. The van der Waals surface area contributed by atoms with E-state index in [0.717, 1.165) is 16.5 Å². The molecule has 134 valence electrons. The van der Waals surface area contributed by atoms with Crippen LogP contribution in [-0.2, 0) is 6.61 Å². The first-order valence-electron chi connectivity index (χ1n) is 8.48. The number of ether oxygens (including phenoxy) is 1. The molecule has 3 aromatic carbocycles. The molecule has 0 unspecified atom stereocenters. The van der Waals surface area contributed by atoms with Crippen LogP contribution in [0.25, 0.3) is 10.8 Å². The molecule has 1 aromatic heterocycles. The van der Waals surface area contributed by atoms with Gasteiger partial charge in [-0.1, -0.05) is 36.4 Å². The lowest BCUT2D eigenvalue weighted by Crippen LogP contribution is -2.10. The lowest BCUT2D eigenvalue weighted by atomic mass is 10.1. The molecule has 0 atom stereocenters. The van der Waals surface area contributed by atoms with Crippen LogP contribution in [-0.4, -0.2) is 11.0 Å². The van der Waals surface area contributed by atoms with Crippen molar-refractivity contribution in [1.82, 2.24) is 0 Å². The highest BCUT2D eigenvalue weighted by atomic mass is 16.5. The van der Waals surface area contributed by atoms with E-state index in [2.05, 4.69) is 5.32 Å². The normalized spacial score (nSPS) is 10.7. The number of hydrogen-bond acceptors (Lipinski definition) is 4. The fourth-order valence-corrected chi connectivity index (χ4v) is 2.77. The van der Waals surface area contributed by atoms with E-state index in [0.29, 0.717) is 11.4 Å². The second-order valence-electron chi connectivity index (χ2n) is 6.07. The maximum atomic E-state index is 12.2. The molecule has 0 saturated heterocycles. The number of furan rings is 1. The van der Waals surface area contributed by atoms with Crippen molar-refractivity contribution in [1.29, 1.82) is 0 Å². The second kappa shape index (κ2) is 7.25. The summed E-state index contributed by atoms with van der Waals surface area (Å²) in [6, 6.07) is 23.5. The number of carbonyl (C=O) groups excluding carboxylic acids is 1. The number of phenolic OH excluding ortho intramolecular Hbond substituents is 1. The van der Waals surface area contributed by atoms with E-state index in [1.54, 1.807) is 24.3 Å². The van der Waals surface area contributed by atoms with Gasteiger partial charge in [0.05, 0.1) is 0 Å². The van der Waals surface area contributed by atoms with Crippen LogP contribution in [0.3, 0.4) is 0 Å². The van der Waals surface area contributed by atoms with Crippen LogP contribution in [0, 0.1) is 0 Å². The number of amides is 1. The highest BCUT2D eigenvalue weighted by molar-refractivity contribution is 6.02. The fourth-order valence-electron chi connectivity index (χ4n) is 2.77. The SMILES string of the molecule is O=C(Nc1cccc(O)c1)c1ccc(COc2ccc3ccccc3c2)o1. The Morgan fingerprint density at radius 2 is 1.78 bits per heavy atom. The topological polar surface area (TPSA) is 71.7 Å².